The zero-order chi connectivity index (χ0) is 13.6. The molecule has 98 valence electrons. The van der Waals surface area contributed by atoms with Crippen molar-refractivity contribution in [1.82, 2.24) is 9.78 Å². The normalized spacial score (nSPS) is 14.6. The van der Waals surface area contributed by atoms with Gasteiger partial charge < -0.3 is 0 Å². The standard InChI is InChI=1S/C15H15ClN2O/c1-9-6-7-11(16)8-13(9)18-12-4-3-5-14(19)15(12)10(2)17-18/h6-8H,3-5H2,1-2H3. The van der Waals surface area contributed by atoms with Crippen molar-refractivity contribution in [3.63, 3.8) is 0 Å². The molecule has 1 heterocycles. The van der Waals surface area contributed by atoms with Gasteiger partial charge in [0.1, 0.15) is 0 Å². The van der Waals surface area contributed by atoms with Gasteiger partial charge in [-0.25, -0.2) is 4.68 Å². The summed E-state index contributed by atoms with van der Waals surface area (Å²) in [6.45, 7) is 3.93. The molecule has 0 aliphatic heterocycles. The molecule has 1 aromatic carbocycles. The zero-order valence-corrected chi connectivity index (χ0v) is 11.8. The predicted molar refractivity (Wildman–Crippen MR) is 75.3 cm³/mol. The summed E-state index contributed by atoms with van der Waals surface area (Å²) in [5.74, 6) is 0.213. The lowest BCUT2D eigenvalue weighted by Crippen LogP contribution is -2.13. The van der Waals surface area contributed by atoms with E-state index in [0.29, 0.717) is 11.4 Å². The first-order valence-electron chi connectivity index (χ1n) is 6.46. The van der Waals surface area contributed by atoms with E-state index in [4.69, 9.17) is 11.6 Å². The molecule has 0 bridgehead atoms. The number of carbonyl (C=O) groups excluding carboxylic acids is 1. The van der Waals surface area contributed by atoms with Gasteiger partial charge >= 0.3 is 0 Å². The Labute approximate surface area is 117 Å². The number of rotatable bonds is 1. The number of hydrogen-bond acceptors (Lipinski definition) is 2. The number of ketones is 1. The molecule has 0 saturated heterocycles. The Morgan fingerprint density at radius 1 is 1.26 bits per heavy atom. The lowest BCUT2D eigenvalue weighted by Gasteiger charge is -2.14. The molecule has 2 aromatic rings. The molecule has 19 heavy (non-hydrogen) atoms. The van der Waals surface area contributed by atoms with E-state index >= 15 is 0 Å². The first kappa shape index (κ1) is 12.4. The van der Waals surface area contributed by atoms with Crippen molar-refractivity contribution in [2.45, 2.75) is 33.1 Å². The van der Waals surface area contributed by atoms with Crippen LogP contribution < -0.4 is 0 Å². The second-order valence-corrected chi connectivity index (χ2v) is 5.46. The third-order valence-corrected chi connectivity index (χ3v) is 3.89. The third kappa shape index (κ3) is 1.98. The summed E-state index contributed by atoms with van der Waals surface area (Å²) >= 11 is 6.08. The molecule has 0 fully saturated rings. The lowest BCUT2D eigenvalue weighted by molar-refractivity contribution is 0.0971. The maximum Gasteiger partial charge on any atom is 0.166 e. The molecule has 0 saturated carbocycles. The second kappa shape index (κ2) is 4.49. The minimum Gasteiger partial charge on any atom is -0.294 e. The Hall–Kier alpha value is -1.61. The van der Waals surface area contributed by atoms with Gasteiger partial charge in [0, 0.05) is 11.4 Å². The molecule has 1 aliphatic carbocycles. The van der Waals surface area contributed by atoms with Crippen LogP contribution >= 0.6 is 11.6 Å². The van der Waals surface area contributed by atoms with Gasteiger partial charge in [-0.15, -0.1) is 0 Å². The van der Waals surface area contributed by atoms with Crippen molar-refractivity contribution < 1.29 is 4.79 Å². The average Bonchev–Trinajstić information content (AvgIpc) is 2.71. The smallest absolute Gasteiger partial charge is 0.166 e. The minimum atomic E-state index is 0.213. The van der Waals surface area contributed by atoms with Crippen LogP contribution in [0.4, 0.5) is 0 Å². The van der Waals surface area contributed by atoms with Gasteiger partial charge in [-0.3, -0.25) is 4.79 Å². The van der Waals surface area contributed by atoms with Gasteiger partial charge in [-0.2, -0.15) is 5.10 Å². The highest BCUT2D eigenvalue weighted by atomic mass is 35.5. The van der Waals surface area contributed by atoms with Gasteiger partial charge in [0.05, 0.1) is 22.6 Å². The van der Waals surface area contributed by atoms with Crippen LogP contribution in [0, 0.1) is 13.8 Å². The van der Waals surface area contributed by atoms with Crippen molar-refractivity contribution in [2.24, 2.45) is 0 Å². The van der Waals surface area contributed by atoms with E-state index in [-0.39, 0.29) is 5.78 Å². The van der Waals surface area contributed by atoms with E-state index in [9.17, 15) is 4.79 Å². The van der Waals surface area contributed by atoms with Crippen molar-refractivity contribution in [2.75, 3.05) is 0 Å². The van der Waals surface area contributed by atoms with Crippen molar-refractivity contribution >= 4 is 17.4 Å². The van der Waals surface area contributed by atoms with Gasteiger partial charge in [0.25, 0.3) is 0 Å². The summed E-state index contributed by atoms with van der Waals surface area (Å²) in [5.41, 5.74) is 4.73. The summed E-state index contributed by atoms with van der Waals surface area (Å²) < 4.78 is 1.89. The van der Waals surface area contributed by atoms with Crippen LogP contribution in [-0.4, -0.2) is 15.6 Å². The number of benzene rings is 1. The Morgan fingerprint density at radius 3 is 2.84 bits per heavy atom. The maximum absolute atomic E-state index is 12.0. The molecular formula is C15H15ClN2O. The first-order valence-corrected chi connectivity index (χ1v) is 6.84. The zero-order valence-electron chi connectivity index (χ0n) is 11.0. The topological polar surface area (TPSA) is 34.9 Å². The number of carbonyl (C=O) groups is 1. The van der Waals surface area contributed by atoms with Gasteiger partial charge in [-0.1, -0.05) is 17.7 Å². The van der Waals surface area contributed by atoms with Gasteiger partial charge in [0.2, 0.25) is 0 Å². The van der Waals surface area contributed by atoms with E-state index in [1.807, 2.05) is 36.7 Å². The fourth-order valence-electron chi connectivity index (χ4n) is 2.72. The molecule has 0 atom stereocenters. The van der Waals surface area contributed by atoms with E-state index in [1.54, 1.807) is 0 Å². The number of Topliss-reactive ketones (excluding diaryl/α,β-unsaturated/α-hetero) is 1. The van der Waals surface area contributed by atoms with Crippen LogP contribution in [0.1, 0.15) is 40.2 Å². The monoisotopic (exact) mass is 274 g/mol. The first-order chi connectivity index (χ1) is 9.08. The van der Waals surface area contributed by atoms with E-state index in [1.165, 1.54) is 0 Å². The van der Waals surface area contributed by atoms with Gasteiger partial charge in [0.15, 0.2) is 5.78 Å². The average molecular weight is 275 g/mol. The predicted octanol–water partition coefficient (Wildman–Crippen LogP) is 3.66. The highest BCUT2D eigenvalue weighted by molar-refractivity contribution is 6.30. The van der Waals surface area contributed by atoms with E-state index in [2.05, 4.69) is 5.10 Å². The Bertz CT molecular complexity index is 673. The van der Waals surface area contributed by atoms with Crippen molar-refractivity contribution in [3.8, 4) is 5.69 Å². The second-order valence-electron chi connectivity index (χ2n) is 5.03. The largest absolute Gasteiger partial charge is 0.294 e. The number of halogens is 1. The van der Waals surface area contributed by atoms with E-state index in [0.717, 1.165) is 41.0 Å². The van der Waals surface area contributed by atoms with Crippen LogP contribution in [0.25, 0.3) is 5.69 Å². The molecule has 0 spiro atoms. The van der Waals surface area contributed by atoms with Crippen LogP contribution in [0.15, 0.2) is 18.2 Å². The SMILES string of the molecule is Cc1ccc(Cl)cc1-n1nc(C)c2c1CCCC2=O. The molecule has 4 heteroatoms. The lowest BCUT2D eigenvalue weighted by atomic mass is 9.94. The molecular weight excluding hydrogens is 260 g/mol. The molecule has 0 radical (unpaired) electrons. The summed E-state index contributed by atoms with van der Waals surface area (Å²) in [5, 5.41) is 5.24. The number of fused-ring (bicyclic) bond motifs is 1. The Kier molecular flexibility index (Phi) is 2.94. The highest BCUT2D eigenvalue weighted by Crippen LogP contribution is 2.28. The number of aromatic nitrogens is 2. The van der Waals surface area contributed by atoms with Crippen molar-refractivity contribution in [1.29, 1.82) is 0 Å². The fraction of sp³-hybridized carbons (Fsp3) is 0.333. The number of nitrogens with zero attached hydrogens (tertiary/aromatic N) is 2. The number of aryl methyl sites for hydroxylation is 2. The van der Waals surface area contributed by atoms with Crippen LogP contribution in [-0.2, 0) is 6.42 Å². The highest BCUT2D eigenvalue weighted by Gasteiger charge is 2.25. The summed E-state index contributed by atoms with van der Waals surface area (Å²) in [7, 11) is 0. The molecule has 0 unspecified atom stereocenters. The number of hydrogen-bond donors (Lipinski definition) is 0. The molecule has 1 aromatic heterocycles. The summed E-state index contributed by atoms with van der Waals surface area (Å²) in [6, 6.07) is 5.75. The molecule has 0 amide bonds. The third-order valence-electron chi connectivity index (χ3n) is 3.65. The molecule has 0 N–H and O–H groups in total. The Morgan fingerprint density at radius 2 is 2.05 bits per heavy atom. The maximum atomic E-state index is 12.0. The quantitative estimate of drug-likeness (QED) is 0.795. The Balaban J connectivity index is 2.24. The minimum absolute atomic E-state index is 0.213. The van der Waals surface area contributed by atoms with Crippen LogP contribution in [0.3, 0.4) is 0 Å². The molecule has 1 aliphatic rings. The summed E-state index contributed by atoms with van der Waals surface area (Å²) in [6.07, 6.45) is 2.43. The molecule has 3 nitrogen and oxygen atoms in total. The summed E-state index contributed by atoms with van der Waals surface area (Å²) in [4.78, 5) is 12.0. The van der Waals surface area contributed by atoms with Crippen molar-refractivity contribution in [3.05, 3.63) is 45.7 Å². The van der Waals surface area contributed by atoms with Gasteiger partial charge in [-0.05, 0) is 44.4 Å². The van der Waals surface area contributed by atoms with E-state index < -0.39 is 0 Å². The molecule has 3 rings (SSSR count). The van der Waals surface area contributed by atoms with Crippen LogP contribution in [0.5, 0.6) is 0 Å². The fourth-order valence-corrected chi connectivity index (χ4v) is 2.89. The van der Waals surface area contributed by atoms with Crippen LogP contribution in [0.2, 0.25) is 5.02 Å².